The number of nitrogens with zero attached hydrogens (tertiary/aromatic N) is 1. The summed E-state index contributed by atoms with van der Waals surface area (Å²) in [4.78, 5) is 4.62. The SMILES string of the molecule is Cc1cc(F)c(Br)c2c(Cl)cc(C3CC3)nc12. The van der Waals surface area contributed by atoms with Gasteiger partial charge in [0.05, 0.1) is 15.0 Å². The van der Waals surface area contributed by atoms with Crippen molar-refractivity contribution in [2.75, 3.05) is 0 Å². The Labute approximate surface area is 112 Å². The number of rotatable bonds is 1. The van der Waals surface area contributed by atoms with Gasteiger partial charge in [0.1, 0.15) is 5.82 Å². The van der Waals surface area contributed by atoms with E-state index in [0.717, 1.165) is 16.8 Å². The van der Waals surface area contributed by atoms with E-state index in [0.29, 0.717) is 20.8 Å². The molecule has 1 nitrogen and oxygen atoms in total. The molecule has 1 aliphatic rings. The molecule has 0 spiro atoms. The third-order valence-corrected chi connectivity index (χ3v) is 4.21. The van der Waals surface area contributed by atoms with Crippen LogP contribution in [0.2, 0.25) is 5.02 Å². The van der Waals surface area contributed by atoms with Crippen LogP contribution in [0.15, 0.2) is 16.6 Å². The normalized spacial score (nSPS) is 15.5. The molecule has 17 heavy (non-hydrogen) atoms. The van der Waals surface area contributed by atoms with E-state index in [1.165, 1.54) is 18.9 Å². The summed E-state index contributed by atoms with van der Waals surface area (Å²) < 4.78 is 14.0. The molecule has 0 bridgehead atoms. The fraction of sp³-hybridized carbons (Fsp3) is 0.308. The van der Waals surface area contributed by atoms with Gasteiger partial charge in [0, 0.05) is 17.0 Å². The van der Waals surface area contributed by atoms with Crippen molar-refractivity contribution in [3.05, 3.63) is 38.7 Å². The average Bonchev–Trinajstić information content (AvgIpc) is 3.09. The zero-order valence-corrected chi connectivity index (χ0v) is 11.6. The molecule has 0 radical (unpaired) electrons. The van der Waals surface area contributed by atoms with E-state index in [2.05, 4.69) is 20.9 Å². The van der Waals surface area contributed by atoms with E-state index < -0.39 is 0 Å². The highest BCUT2D eigenvalue weighted by molar-refractivity contribution is 9.10. The Hall–Kier alpha value is -0.670. The van der Waals surface area contributed by atoms with Crippen LogP contribution in [-0.4, -0.2) is 4.98 Å². The Kier molecular flexibility index (Phi) is 2.64. The van der Waals surface area contributed by atoms with Crippen LogP contribution in [0.3, 0.4) is 0 Å². The first kappa shape index (κ1) is 11.4. The van der Waals surface area contributed by atoms with Gasteiger partial charge in [0.15, 0.2) is 0 Å². The number of pyridine rings is 1. The second-order valence-corrected chi connectivity index (χ2v) is 5.72. The number of benzene rings is 1. The van der Waals surface area contributed by atoms with Gasteiger partial charge in [0.2, 0.25) is 0 Å². The molecule has 0 aliphatic heterocycles. The van der Waals surface area contributed by atoms with Crippen molar-refractivity contribution in [1.29, 1.82) is 0 Å². The smallest absolute Gasteiger partial charge is 0.138 e. The van der Waals surface area contributed by atoms with E-state index in [9.17, 15) is 4.39 Å². The van der Waals surface area contributed by atoms with Gasteiger partial charge in [-0.2, -0.15) is 0 Å². The highest BCUT2D eigenvalue weighted by atomic mass is 79.9. The summed E-state index contributed by atoms with van der Waals surface area (Å²) in [5.74, 6) is 0.248. The molecule has 0 saturated heterocycles. The molecule has 0 atom stereocenters. The maximum Gasteiger partial charge on any atom is 0.138 e. The maximum absolute atomic E-state index is 13.6. The number of hydrogen-bond donors (Lipinski definition) is 0. The summed E-state index contributed by atoms with van der Waals surface area (Å²) in [5.41, 5.74) is 2.65. The van der Waals surface area contributed by atoms with Gasteiger partial charge in [-0.25, -0.2) is 4.39 Å². The number of aryl methyl sites for hydroxylation is 1. The molecule has 1 aliphatic carbocycles. The van der Waals surface area contributed by atoms with Crippen molar-refractivity contribution in [3.8, 4) is 0 Å². The number of fused-ring (bicyclic) bond motifs is 1. The van der Waals surface area contributed by atoms with Gasteiger partial charge < -0.3 is 0 Å². The third kappa shape index (κ3) is 1.85. The Balaban J connectivity index is 2.38. The van der Waals surface area contributed by atoms with Gasteiger partial charge in [-0.15, -0.1) is 0 Å². The first-order chi connectivity index (χ1) is 8.08. The van der Waals surface area contributed by atoms with E-state index in [-0.39, 0.29) is 5.82 Å². The maximum atomic E-state index is 13.6. The Bertz CT molecular complexity index is 623. The molecule has 0 N–H and O–H groups in total. The number of halogens is 3. The topological polar surface area (TPSA) is 12.9 Å². The van der Waals surface area contributed by atoms with E-state index in [4.69, 9.17) is 11.6 Å². The van der Waals surface area contributed by atoms with Crippen molar-refractivity contribution in [2.45, 2.75) is 25.7 Å². The first-order valence-electron chi connectivity index (χ1n) is 5.52. The molecule has 0 unspecified atom stereocenters. The van der Waals surface area contributed by atoms with Crippen molar-refractivity contribution >= 4 is 38.4 Å². The molecule has 1 saturated carbocycles. The van der Waals surface area contributed by atoms with E-state index in [1.54, 1.807) is 0 Å². The summed E-state index contributed by atoms with van der Waals surface area (Å²) in [6.07, 6.45) is 2.35. The second-order valence-electron chi connectivity index (χ2n) is 4.52. The van der Waals surface area contributed by atoms with Gasteiger partial charge in [0.25, 0.3) is 0 Å². The van der Waals surface area contributed by atoms with E-state index in [1.807, 2.05) is 13.0 Å². The predicted molar refractivity (Wildman–Crippen MR) is 71.1 cm³/mol. The zero-order chi connectivity index (χ0) is 12.2. The lowest BCUT2D eigenvalue weighted by Crippen LogP contribution is -1.94. The lowest BCUT2D eigenvalue weighted by atomic mass is 10.1. The van der Waals surface area contributed by atoms with Gasteiger partial charge in [-0.05, 0) is 53.4 Å². The Morgan fingerprint density at radius 3 is 2.76 bits per heavy atom. The summed E-state index contributed by atoms with van der Waals surface area (Å²) in [6.45, 7) is 1.86. The summed E-state index contributed by atoms with van der Waals surface area (Å²) in [7, 11) is 0. The van der Waals surface area contributed by atoms with Crippen LogP contribution < -0.4 is 0 Å². The summed E-state index contributed by atoms with van der Waals surface area (Å²) >= 11 is 9.49. The molecular weight excluding hydrogens is 305 g/mol. The fourth-order valence-corrected chi connectivity index (χ4v) is 2.98. The van der Waals surface area contributed by atoms with Crippen molar-refractivity contribution in [1.82, 2.24) is 4.98 Å². The molecule has 0 amide bonds. The molecule has 1 heterocycles. The second kappa shape index (κ2) is 3.92. The Morgan fingerprint density at radius 1 is 1.41 bits per heavy atom. The number of hydrogen-bond acceptors (Lipinski definition) is 1. The highest BCUT2D eigenvalue weighted by Crippen LogP contribution is 2.42. The summed E-state index contributed by atoms with van der Waals surface area (Å²) in [5, 5.41) is 1.25. The minimum atomic E-state index is -0.294. The Morgan fingerprint density at radius 2 is 2.12 bits per heavy atom. The fourth-order valence-electron chi connectivity index (χ4n) is 2.06. The largest absolute Gasteiger partial charge is 0.252 e. The van der Waals surface area contributed by atoms with Crippen molar-refractivity contribution in [3.63, 3.8) is 0 Å². The lowest BCUT2D eigenvalue weighted by Gasteiger charge is -2.09. The first-order valence-corrected chi connectivity index (χ1v) is 6.69. The minimum absolute atomic E-state index is 0.294. The molecule has 3 rings (SSSR count). The standard InChI is InChI=1S/C13H10BrClFN/c1-6-4-9(16)12(14)11-8(15)5-10(7-2-3-7)17-13(6)11/h4-5,7H,2-3H2,1H3. The quantitative estimate of drug-likeness (QED) is 0.723. The molecule has 1 fully saturated rings. The van der Waals surface area contributed by atoms with Gasteiger partial charge >= 0.3 is 0 Å². The molecule has 88 valence electrons. The zero-order valence-electron chi connectivity index (χ0n) is 9.23. The van der Waals surface area contributed by atoms with E-state index >= 15 is 0 Å². The van der Waals surface area contributed by atoms with Crippen molar-refractivity contribution in [2.24, 2.45) is 0 Å². The molecule has 1 aromatic carbocycles. The minimum Gasteiger partial charge on any atom is -0.252 e. The molecule has 1 aromatic heterocycles. The van der Waals surface area contributed by atoms with Crippen LogP contribution in [0.5, 0.6) is 0 Å². The summed E-state index contributed by atoms with van der Waals surface area (Å²) in [6, 6.07) is 3.36. The number of aromatic nitrogens is 1. The lowest BCUT2D eigenvalue weighted by molar-refractivity contribution is 0.622. The highest BCUT2D eigenvalue weighted by Gasteiger charge is 2.26. The van der Waals surface area contributed by atoms with Crippen molar-refractivity contribution < 1.29 is 4.39 Å². The van der Waals surface area contributed by atoms with Crippen LogP contribution >= 0.6 is 27.5 Å². The monoisotopic (exact) mass is 313 g/mol. The van der Waals surface area contributed by atoms with Crippen LogP contribution in [0.25, 0.3) is 10.9 Å². The molecule has 4 heteroatoms. The molecular formula is C13H10BrClFN. The van der Waals surface area contributed by atoms with Gasteiger partial charge in [-0.1, -0.05) is 11.6 Å². The van der Waals surface area contributed by atoms with Gasteiger partial charge in [-0.3, -0.25) is 4.98 Å². The van der Waals surface area contributed by atoms with Crippen LogP contribution in [0.1, 0.15) is 30.0 Å². The predicted octanol–water partition coefficient (Wildman–Crippen LogP) is 4.98. The van der Waals surface area contributed by atoms with Crippen LogP contribution in [0.4, 0.5) is 4.39 Å². The third-order valence-electron chi connectivity index (χ3n) is 3.13. The van der Waals surface area contributed by atoms with Crippen LogP contribution in [-0.2, 0) is 0 Å². The molecule has 2 aromatic rings. The average molecular weight is 315 g/mol. The van der Waals surface area contributed by atoms with Crippen LogP contribution in [0, 0.1) is 12.7 Å².